The number of hydrogen-bond acceptors (Lipinski definition) is 2. The first kappa shape index (κ1) is 24.1. The molecule has 10 aromatic rings. The minimum absolute atomic E-state index is 0.0308. The van der Waals surface area contributed by atoms with Crippen LogP contribution in [-0.2, 0) is 0 Å². The molecule has 47 heavy (non-hydrogen) atoms. The van der Waals surface area contributed by atoms with E-state index in [9.17, 15) is 0 Å². The standard InChI is InChI=1S/C42H23BN2O2/c1-5-16-30-26(12-1)38-34(44(30)33-19-9-14-25-24-11-3-7-20-35(24)47-42(25)33)23-29-41-39(38)27-13-2-6-17-31(27)45(41)32-18-10-22-37-40(32)43(29)28-15-4-8-21-36(28)46-37/h1-23H. The monoisotopic (exact) mass is 598 g/mol. The minimum Gasteiger partial charge on any atom is -0.458 e. The molecule has 12 rings (SSSR count). The lowest BCUT2D eigenvalue weighted by Gasteiger charge is -2.33. The summed E-state index contributed by atoms with van der Waals surface area (Å²) in [6.45, 7) is 0.0308. The summed E-state index contributed by atoms with van der Waals surface area (Å²) in [6, 6.07) is 50.1. The number of benzene rings is 7. The highest BCUT2D eigenvalue weighted by Crippen LogP contribution is 2.45. The molecule has 5 heteroatoms. The molecule has 0 unspecified atom stereocenters. The van der Waals surface area contributed by atoms with Gasteiger partial charge in [-0.05, 0) is 64.9 Å². The molecule has 0 amide bonds. The zero-order valence-corrected chi connectivity index (χ0v) is 25.1. The largest absolute Gasteiger partial charge is 0.458 e. The SMILES string of the molecule is c1ccc2c(c1)Oc1cccc3c1B2c1cc2c(c4ccccc4n2-c2cccc4c2oc2ccccc24)c2c4ccccc4n-3c12. The van der Waals surface area contributed by atoms with Gasteiger partial charge < -0.3 is 18.3 Å². The van der Waals surface area contributed by atoms with Gasteiger partial charge in [0, 0.05) is 38.0 Å². The van der Waals surface area contributed by atoms with Crippen molar-refractivity contribution in [2.24, 2.45) is 0 Å². The van der Waals surface area contributed by atoms with Crippen LogP contribution in [-0.4, -0.2) is 15.8 Å². The summed E-state index contributed by atoms with van der Waals surface area (Å²) < 4.78 is 18.2. The number of fused-ring (bicyclic) bond motifs is 14. The molecule has 7 aromatic carbocycles. The summed E-state index contributed by atoms with van der Waals surface area (Å²) in [6.07, 6.45) is 0. The number of para-hydroxylation sites is 5. The Labute approximate surface area is 268 Å². The lowest BCUT2D eigenvalue weighted by molar-refractivity contribution is 0.487. The van der Waals surface area contributed by atoms with E-state index in [2.05, 4.69) is 143 Å². The van der Waals surface area contributed by atoms with Gasteiger partial charge in [-0.25, -0.2) is 0 Å². The third kappa shape index (κ3) is 2.83. The quantitative estimate of drug-likeness (QED) is 0.177. The summed E-state index contributed by atoms with van der Waals surface area (Å²) in [5, 5.41) is 7.30. The Morgan fingerprint density at radius 3 is 2.02 bits per heavy atom. The van der Waals surface area contributed by atoms with Gasteiger partial charge in [-0.2, -0.15) is 0 Å². The predicted molar refractivity (Wildman–Crippen MR) is 194 cm³/mol. The van der Waals surface area contributed by atoms with E-state index in [1.54, 1.807) is 0 Å². The van der Waals surface area contributed by atoms with Crippen molar-refractivity contribution in [3.8, 4) is 22.9 Å². The Balaban J connectivity index is 1.34. The summed E-state index contributed by atoms with van der Waals surface area (Å²) in [4.78, 5) is 0. The molecule has 0 spiro atoms. The highest BCUT2D eigenvalue weighted by molar-refractivity contribution is 6.99. The molecule has 4 nitrogen and oxygen atoms in total. The number of furan rings is 1. The van der Waals surface area contributed by atoms with Gasteiger partial charge in [-0.15, -0.1) is 0 Å². The van der Waals surface area contributed by atoms with Gasteiger partial charge in [0.2, 0.25) is 0 Å². The molecule has 0 saturated heterocycles. The van der Waals surface area contributed by atoms with Crippen molar-refractivity contribution in [1.29, 1.82) is 0 Å². The minimum atomic E-state index is 0.0308. The highest BCUT2D eigenvalue weighted by Gasteiger charge is 2.41. The van der Waals surface area contributed by atoms with Crippen LogP contribution in [0.3, 0.4) is 0 Å². The average Bonchev–Trinajstić information content (AvgIpc) is 3.78. The molecule has 2 aliphatic rings. The lowest BCUT2D eigenvalue weighted by atomic mass is 9.34. The molecule has 0 bridgehead atoms. The van der Waals surface area contributed by atoms with E-state index in [4.69, 9.17) is 9.15 Å². The topological polar surface area (TPSA) is 32.2 Å². The van der Waals surface area contributed by atoms with Crippen LogP contribution in [0.1, 0.15) is 0 Å². The van der Waals surface area contributed by atoms with E-state index >= 15 is 0 Å². The number of aromatic nitrogens is 2. The molecule has 2 aliphatic heterocycles. The van der Waals surface area contributed by atoms with Crippen LogP contribution in [0.5, 0.6) is 11.5 Å². The van der Waals surface area contributed by atoms with Crippen LogP contribution in [0, 0.1) is 0 Å². The third-order valence-electron chi connectivity index (χ3n) is 10.6. The van der Waals surface area contributed by atoms with Crippen LogP contribution in [0.15, 0.2) is 144 Å². The van der Waals surface area contributed by atoms with Crippen molar-refractivity contribution in [2.45, 2.75) is 0 Å². The van der Waals surface area contributed by atoms with Crippen molar-refractivity contribution in [1.82, 2.24) is 9.13 Å². The fraction of sp³-hybridized carbons (Fsp3) is 0. The smallest absolute Gasteiger partial charge is 0.256 e. The van der Waals surface area contributed by atoms with Crippen molar-refractivity contribution < 1.29 is 9.15 Å². The number of nitrogens with zero attached hydrogens (tertiary/aromatic N) is 2. The molecular weight excluding hydrogens is 575 g/mol. The van der Waals surface area contributed by atoms with E-state index in [0.717, 1.165) is 44.6 Å². The van der Waals surface area contributed by atoms with E-state index in [0.29, 0.717) is 0 Å². The summed E-state index contributed by atoms with van der Waals surface area (Å²) in [5.74, 6) is 1.85. The molecule has 0 fully saturated rings. The van der Waals surface area contributed by atoms with E-state index in [1.165, 1.54) is 60.2 Å². The van der Waals surface area contributed by atoms with Gasteiger partial charge >= 0.3 is 0 Å². The van der Waals surface area contributed by atoms with E-state index in [1.807, 2.05) is 6.07 Å². The third-order valence-corrected chi connectivity index (χ3v) is 10.6. The van der Waals surface area contributed by atoms with Gasteiger partial charge in [0.05, 0.1) is 27.8 Å². The lowest BCUT2D eigenvalue weighted by Crippen LogP contribution is -2.58. The fourth-order valence-electron chi connectivity index (χ4n) is 8.79. The summed E-state index contributed by atoms with van der Waals surface area (Å²) in [5.41, 5.74) is 12.6. The van der Waals surface area contributed by atoms with E-state index < -0.39 is 0 Å². The number of hydrogen-bond donors (Lipinski definition) is 0. The predicted octanol–water partition coefficient (Wildman–Crippen LogP) is 8.72. The Morgan fingerprint density at radius 1 is 0.468 bits per heavy atom. The van der Waals surface area contributed by atoms with Crippen molar-refractivity contribution in [3.63, 3.8) is 0 Å². The first-order chi connectivity index (χ1) is 23.3. The van der Waals surface area contributed by atoms with Gasteiger partial charge in [0.25, 0.3) is 6.71 Å². The second kappa shape index (κ2) is 8.33. The maximum atomic E-state index is 6.65. The molecule has 0 N–H and O–H groups in total. The normalized spacial score (nSPS) is 13.2. The number of rotatable bonds is 1. The van der Waals surface area contributed by atoms with Gasteiger partial charge in [0.1, 0.15) is 17.1 Å². The molecular formula is C42H23BN2O2. The highest BCUT2D eigenvalue weighted by atomic mass is 16.5. The summed E-state index contributed by atoms with van der Waals surface area (Å²) >= 11 is 0. The maximum Gasteiger partial charge on any atom is 0.256 e. The van der Waals surface area contributed by atoms with Crippen LogP contribution < -0.4 is 21.1 Å². The van der Waals surface area contributed by atoms with Crippen LogP contribution in [0.4, 0.5) is 0 Å². The molecule has 5 heterocycles. The van der Waals surface area contributed by atoms with Gasteiger partial charge in [0.15, 0.2) is 5.58 Å². The molecule has 0 radical (unpaired) electrons. The molecule has 0 saturated carbocycles. The molecule has 0 atom stereocenters. The van der Waals surface area contributed by atoms with Crippen LogP contribution >= 0.6 is 0 Å². The van der Waals surface area contributed by atoms with Gasteiger partial charge in [-0.1, -0.05) is 91.0 Å². The second-order valence-corrected chi connectivity index (χ2v) is 12.8. The average molecular weight is 598 g/mol. The van der Waals surface area contributed by atoms with Gasteiger partial charge in [-0.3, -0.25) is 0 Å². The van der Waals surface area contributed by atoms with Crippen LogP contribution in [0.25, 0.3) is 76.9 Å². The Kier molecular flexibility index (Phi) is 4.27. The Morgan fingerprint density at radius 2 is 1.13 bits per heavy atom. The zero-order chi connectivity index (χ0) is 30.4. The van der Waals surface area contributed by atoms with E-state index in [-0.39, 0.29) is 6.71 Å². The first-order valence-electron chi connectivity index (χ1n) is 16.1. The van der Waals surface area contributed by atoms with Crippen LogP contribution in [0.2, 0.25) is 0 Å². The zero-order valence-electron chi connectivity index (χ0n) is 25.1. The maximum absolute atomic E-state index is 6.65. The van der Waals surface area contributed by atoms with Crippen molar-refractivity contribution >= 4 is 88.7 Å². The fourth-order valence-corrected chi connectivity index (χ4v) is 8.79. The Bertz CT molecular complexity index is 3020. The summed E-state index contributed by atoms with van der Waals surface area (Å²) in [7, 11) is 0. The van der Waals surface area contributed by atoms with Crippen molar-refractivity contribution in [3.05, 3.63) is 140 Å². The molecule has 0 aliphatic carbocycles. The molecule has 216 valence electrons. The Hall–Kier alpha value is -6.20. The first-order valence-corrected chi connectivity index (χ1v) is 16.1. The molecule has 3 aromatic heterocycles. The van der Waals surface area contributed by atoms with Crippen molar-refractivity contribution in [2.75, 3.05) is 0 Å². The second-order valence-electron chi connectivity index (χ2n) is 12.8. The number of ether oxygens (including phenoxy) is 1.